The lowest BCUT2D eigenvalue weighted by Gasteiger charge is -2.38. The summed E-state index contributed by atoms with van der Waals surface area (Å²) in [4.78, 5) is 5.10. The standard InChI is InChI=1S/C32H34N4O2/c1-5-30-34-31(24-12-14-25(15-13-24)32(33)18-9-19-32)28(23-10-7-6-8-11-23)21-36(30)35-22(2)27-17-16-26(37-3)20-29(27)38-4/h5-8,10-17,20-21H,9,18-19,33H2,1-4H3/b30-5?,35-22+. The van der Waals surface area contributed by atoms with Gasteiger partial charge in [0.2, 0.25) is 0 Å². The third kappa shape index (κ3) is 4.87. The molecule has 0 unspecified atom stereocenters. The summed E-state index contributed by atoms with van der Waals surface area (Å²) in [5, 5.41) is 6.79. The van der Waals surface area contributed by atoms with Crippen LogP contribution in [0.15, 0.2) is 101 Å². The van der Waals surface area contributed by atoms with Gasteiger partial charge in [-0.05, 0) is 62.4 Å². The maximum Gasteiger partial charge on any atom is 0.149 e. The number of methoxy groups -OCH3 is 2. The Morgan fingerprint density at radius 3 is 2.32 bits per heavy atom. The second kappa shape index (κ2) is 10.7. The van der Waals surface area contributed by atoms with Crippen LogP contribution in [-0.4, -0.2) is 30.7 Å². The van der Waals surface area contributed by atoms with Gasteiger partial charge < -0.3 is 15.2 Å². The molecule has 0 radical (unpaired) electrons. The summed E-state index contributed by atoms with van der Waals surface area (Å²) in [5.74, 6) is 2.17. The molecule has 1 aliphatic carbocycles. The highest BCUT2D eigenvalue weighted by molar-refractivity contribution is 6.32. The van der Waals surface area contributed by atoms with Gasteiger partial charge in [-0.3, -0.25) is 0 Å². The third-order valence-electron chi connectivity index (χ3n) is 7.35. The van der Waals surface area contributed by atoms with Crippen molar-refractivity contribution < 1.29 is 9.47 Å². The van der Waals surface area contributed by atoms with E-state index in [1.807, 2.05) is 61.3 Å². The van der Waals surface area contributed by atoms with Crippen LogP contribution < -0.4 is 15.2 Å². The molecule has 1 fully saturated rings. The lowest BCUT2D eigenvalue weighted by atomic mass is 9.72. The van der Waals surface area contributed by atoms with Crippen molar-refractivity contribution in [3.8, 4) is 11.5 Å². The van der Waals surface area contributed by atoms with Crippen molar-refractivity contribution in [2.45, 2.75) is 38.6 Å². The van der Waals surface area contributed by atoms with E-state index in [2.05, 4.69) is 42.6 Å². The van der Waals surface area contributed by atoms with Gasteiger partial charge in [0, 0.05) is 34.5 Å². The molecule has 1 saturated carbocycles. The molecule has 1 aliphatic heterocycles. The molecule has 2 aliphatic rings. The third-order valence-corrected chi connectivity index (χ3v) is 7.35. The molecule has 3 aromatic carbocycles. The quantitative estimate of drug-likeness (QED) is 0.373. The number of nitrogens with zero attached hydrogens (tertiary/aromatic N) is 3. The van der Waals surface area contributed by atoms with Gasteiger partial charge in [0.25, 0.3) is 0 Å². The number of rotatable bonds is 7. The van der Waals surface area contributed by atoms with Crippen LogP contribution in [0.1, 0.15) is 55.4 Å². The van der Waals surface area contributed by atoms with Crippen LogP contribution in [0.4, 0.5) is 0 Å². The van der Waals surface area contributed by atoms with E-state index in [9.17, 15) is 0 Å². The maximum atomic E-state index is 6.58. The number of nitrogens with two attached hydrogens (primary N) is 1. The van der Waals surface area contributed by atoms with Crippen LogP contribution in [0.2, 0.25) is 0 Å². The molecular weight excluding hydrogens is 472 g/mol. The second-order valence-corrected chi connectivity index (χ2v) is 9.70. The van der Waals surface area contributed by atoms with Crippen LogP contribution in [0, 0.1) is 0 Å². The Bertz CT molecular complexity index is 1430. The van der Waals surface area contributed by atoms with E-state index in [0.29, 0.717) is 5.75 Å². The van der Waals surface area contributed by atoms with Crippen LogP contribution in [0.25, 0.3) is 5.57 Å². The number of aliphatic imine (C=N–C) groups is 1. The number of ether oxygens (including phenoxy) is 2. The average Bonchev–Trinajstić information content (AvgIpc) is 2.95. The van der Waals surface area contributed by atoms with E-state index in [1.165, 1.54) is 12.0 Å². The lowest BCUT2D eigenvalue weighted by molar-refractivity contribution is 0.253. The van der Waals surface area contributed by atoms with E-state index in [1.54, 1.807) is 14.2 Å². The summed E-state index contributed by atoms with van der Waals surface area (Å²) in [7, 11) is 3.29. The molecular formula is C32H34N4O2. The number of benzene rings is 3. The first kappa shape index (κ1) is 25.5. The van der Waals surface area contributed by atoms with E-state index < -0.39 is 0 Å². The summed E-state index contributed by atoms with van der Waals surface area (Å²) >= 11 is 0. The summed E-state index contributed by atoms with van der Waals surface area (Å²) in [6.07, 6.45) is 7.29. The van der Waals surface area contributed by atoms with Crippen molar-refractivity contribution in [1.82, 2.24) is 5.01 Å². The van der Waals surface area contributed by atoms with Gasteiger partial charge >= 0.3 is 0 Å². The Morgan fingerprint density at radius 2 is 1.71 bits per heavy atom. The Kier molecular flexibility index (Phi) is 7.16. The predicted molar refractivity (Wildman–Crippen MR) is 154 cm³/mol. The molecule has 0 amide bonds. The van der Waals surface area contributed by atoms with E-state index in [0.717, 1.165) is 58.1 Å². The largest absolute Gasteiger partial charge is 0.497 e. The first-order valence-corrected chi connectivity index (χ1v) is 12.9. The minimum Gasteiger partial charge on any atom is -0.497 e. The molecule has 3 aromatic rings. The van der Waals surface area contributed by atoms with Crippen molar-refractivity contribution >= 4 is 17.0 Å². The first-order chi connectivity index (χ1) is 18.5. The molecule has 6 heteroatoms. The van der Waals surface area contributed by atoms with E-state index in [-0.39, 0.29) is 5.54 Å². The Balaban J connectivity index is 1.55. The highest BCUT2D eigenvalue weighted by Crippen LogP contribution is 2.39. The number of hydrazone groups is 1. The van der Waals surface area contributed by atoms with E-state index in [4.69, 9.17) is 25.3 Å². The fourth-order valence-corrected chi connectivity index (χ4v) is 4.92. The zero-order chi connectivity index (χ0) is 26.7. The number of hydrogen-bond acceptors (Lipinski definition) is 6. The lowest BCUT2D eigenvalue weighted by Crippen LogP contribution is -2.43. The normalized spacial score (nSPS) is 18.0. The monoisotopic (exact) mass is 506 g/mol. The van der Waals surface area contributed by atoms with Gasteiger partial charge in [-0.15, -0.1) is 0 Å². The molecule has 0 aromatic heterocycles. The van der Waals surface area contributed by atoms with Gasteiger partial charge in [-0.25, -0.2) is 10.0 Å². The fourth-order valence-electron chi connectivity index (χ4n) is 4.92. The SMILES string of the molecule is CC=C1N=C(c2ccc(C3(N)CCC3)cc2)C(c2ccccc2)=CN1/N=C(\C)c1ccc(OC)cc1OC. The first-order valence-electron chi connectivity index (χ1n) is 12.9. The van der Waals surface area contributed by atoms with E-state index >= 15 is 0 Å². The molecule has 0 bridgehead atoms. The Morgan fingerprint density at radius 1 is 0.974 bits per heavy atom. The molecule has 6 nitrogen and oxygen atoms in total. The molecule has 2 N–H and O–H groups in total. The van der Waals surface area contributed by atoms with Gasteiger partial charge in [-0.1, -0.05) is 54.6 Å². The fraction of sp³-hybridized carbons (Fsp3) is 0.250. The van der Waals surface area contributed by atoms with Crippen LogP contribution in [0.5, 0.6) is 11.5 Å². The van der Waals surface area contributed by atoms with Crippen LogP contribution in [0.3, 0.4) is 0 Å². The Hall–Kier alpha value is -4.16. The maximum absolute atomic E-state index is 6.58. The van der Waals surface area contributed by atoms with Crippen LogP contribution in [-0.2, 0) is 5.54 Å². The minimum absolute atomic E-state index is 0.189. The van der Waals surface area contributed by atoms with Crippen molar-refractivity contribution in [3.05, 3.63) is 113 Å². The van der Waals surface area contributed by atoms with Crippen molar-refractivity contribution in [3.63, 3.8) is 0 Å². The average molecular weight is 507 g/mol. The van der Waals surface area contributed by atoms with Gasteiger partial charge in [0.1, 0.15) is 17.3 Å². The second-order valence-electron chi connectivity index (χ2n) is 9.70. The number of hydrogen-bond donors (Lipinski definition) is 1. The predicted octanol–water partition coefficient (Wildman–Crippen LogP) is 6.47. The highest BCUT2D eigenvalue weighted by atomic mass is 16.5. The van der Waals surface area contributed by atoms with Gasteiger partial charge in [-0.2, -0.15) is 5.10 Å². The summed E-state index contributed by atoms with van der Waals surface area (Å²) in [5.41, 5.74) is 13.3. The smallest absolute Gasteiger partial charge is 0.149 e. The molecule has 0 atom stereocenters. The molecule has 0 spiro atoms. The van der Waals surface area contributed by atoms with Crippen molar-refractivity contribution in [2.75, 3.05) is 14.2 Å². The minimum atomic E-state index is -0.189. The zero-order valence-corrected chi connectivity index (χ0v) is 22.4. The summed E-state index contributed by atoms with van der Waals surface area (Å²) in [6, 6.07) is 24.6. The summed E-state index contributed by atoms with van der Waals surface area (Å²) < 4.78 is 11.0. The van der Waals surface area contributed by atoms with Crippen molar-refractivity contribution in [2.24, 2.45) is 15.8 Å². The topological polar surface area (TPSA) is 72.4 Å². The van der Waals surface area contributed by atoms with Gasteiger partial charge in [0.05, 0.1) is 25.6 Å². The molecule has 1 heterocycles. The number of allylic oxidation sites excluding steroid dienone is 2. The highest BCUT2D eigenvalue weighted by Gasteiger charge is 2.34. The summed E-state index contributed by atoms with van der Waals surface area (Å²) in [6.45, 7) is 3.94. The van der Waals surface area contributed by atoms with Gasteiger partial charge in [0.15, 0.2) is 0 Å². The molecule has 194 valence electrons. The van der Waals surface area contributed by atoms with Crippen molar-refractivity contribution in [1.29, 1.82) is 0 Å². The molecule has 38 heavy (non-hydrogen) atoms. The van der Waals surface area contributed by atoms with Crippen LogP contribution >= 0.6 is 0 Å². The molecule has 0 saturated heterocycles. The Labute approximate surface area is 224 Å². The molecule has 5 rings (SSSR count). The zero-order valence-electron chi connectivity index (χ0n) is 22.4.